The lowest BCUT2D eigenvalue weighted by molar-refractivity contribution is 0.181. The maximum Gasteiger partial charge on any atom is 0.250 e. The summed E-state index contributed by atoms with van der Waals surface area (Å²) < 4.78 is 11.7. The first-order valence-corrected chi connectivity index (χ1v) is 10.2. The molecule has 1 aromatic carbocycles. The van der Waals surface area contributed by atoms with Gasteiger partial charge >= 0.3 is 0 Å². The molecule has 1 unspecified atom stereocenters. The van der Waals surface area contributed by atoms with Gasteiger partial charge in [-0.1, -0.05) is 32.9 Å². The highest BCUT2D eigenvalue weighted by atomic mass is 28.4. The zero-order valence-corrected chi connectivity index (χ0v) is 15.1. The van der Waals surface area contributed by atoms with Gasteiger partial charge in [0.05, 0.1) is 13.2 Å². The largest absolute Gasteiger partial charge is 0.541 e. The van der Waals surface area contributed by atoms with Crippen molar-refractivity contribution < 1.29 is 14.3 Å². The van der Waals surface area contributed by atoms with Crippen LogP contribution in [-0.2, 0) is 0 Å². The van der Waals surface area contributed by atoms with Crippen molar-refractivity contribution in [1.29, 1.82) is 0 Å². The zero-order chi connectivity index (χ0) is 16.3. The topological polar surface area (TPSA) is 38.7 Å². The Morgan fingerprint density at radius 3 is 2.38 bits per heavy atom. The lowest BCUT2D eigenvalue weighted by Gasteiger charge is -2.36. The van der Waals surface area contributed by atoms with Crippen LogP contribution in [0.5, 0.6) is 11.5 Å². The van der Waals surface area contributed by atoms with E-state index < -0.39 is 14.4 Å². The smallest absolute Gasteiger partial charge is 0.250 e. The highest BCUT2D eigenvalue weighted by Crippen LogP contribution is 2.40. The fourth-order valence-corrected chi connectivity index (χ4v) is 2.72. The van der Waals surface area contributed by atoms with Crippen molar-refractivity contribution in [2.24, 2.45) is 0 Å². The van der Waals surface area contributed by atoms with Gasteiger partial charge in [-0.25, -0.2) is 0 Å². The second-order valence-electron chi connectivity index (χ2n) is 6.81. The van der Waals surface area contributed by atoms with Crippen molar-refractivity contribution in [2.45, 2.75) is 51.4 Å². The summed E-state index contributed by atoms with van der Waals surface area (Å²) >= 11 is 0. The quantitative estimate of drug-likeness (QED) is 0.612. The fourth-order valence-electron chi connectivity index (χ4n) is 1.70. The molecule has 3 nitrogen and oxygen atoms in total. The van der Waals surface area contributed by atoms with Crippen LogP contribution in [0.25, 0.3) is 0 Å². The molecule has 1 rings (SSSR count). The van der Waals surface area contributed by atoms with Gasteiger partial charge in [-0.05, 0) is 42.2 Å². The fraction of sp³-hybridized carbons (Fsp3) is 0.529. The van der Waals surface area contributed by atoms with Gasteiger partial charge in [-0.3, -0.25) is 0 Å². The maximum atomic E-state index is 10.0. The monoisotopic (exact) mass is 308 g/mol. The summed E-state index contributed by atoms with van der Waals surface area (Å²) in [5.41, 5.74) is 0.814. The molecule has 4 heteroatoms. The summed E-state index contributed by atoms with van der Waals surface area (Å²) in [4.78, 5) is 0. The lowest BCUT2D eigenvalue weighted by Crippen LogP contribution is -2.43. The van der Waals surface area contributed by atoms with Crippen LogP contribution in [0.1, 0.15) is 38.9 Å². The van der Waals surface area contributed by atoms with E-state index in [0.717, 1.165) is 11.3 Å². The minimum atomic E-state index is -1.91. The zero-order valence-electron chi connectivity index (χ0n) is 14.1. The number of hydrogen-bond acceptors (Lipinski definition) is 3. The van der Waals surface area contributed by atoms with Crippen LogP contribution in [0.15, 0.2) is 30.9 Å². The molecule has 0 amide bonds. The average Bonchev–Trinajstić information content (AvgIpc) is 2.37. The van der Waals surface area contributed by atoms with E-state index in [0.29, 0.717) is 12.2 Å². The summed E-state index contributed by atoms with van der Waals surface area (Å²) in [7, 11) is -0.289. The Balaban J connectivity index is 3.07. The molecule has 0 bridgehead atoms. The summed E-state index contributed by atoms with van der Waals surface area (Å²) in [5.74, 6) is 1.42. The number of aliphatic hydroxyl groups is 1. The van der Waals surface area contributed by atoms with Crippen molar-refractivity contribution >= 4 is 8.32 Å². The second kappa shape index (κ2) is 6.67. The number of hydrogen-bond donors (Lipinski definition) is 1. The predicted molar refractivity (Wildman–Crippen MR) is 90.6 cm³/mol. The van der Waals surface area contributed by atoms with Crippen LogP contribution in [0.2, 0.25) is 18.1 Å². The molecule has 1 atom stereocenters. The van der Waals surface area contributed by atoms with E-state index in [1.807, 2.05) is 18.2 Å². The first-order valence-electron chi connectivity index (χ1n) is 7.28. The van der Waals surface area contributed by atoms with Gasteiger partial charge in [-0.15, -0.1) is 6.58 Å². The van der Waals surface area contributed by atoms with Crippen LogP contribution in [-0.4, -0.2) is 20.5 Å². The molecule has 0 saturated carbocycles. The van der Waals surface area contributed by atoms with Gasteiger partial charge in [-0.2, -0.15) is 0 Å². The Kier molecular flexibility index (Phi) is 5.65. The first-order chi connectivity index (χ1) is 9.62. The average molecular weight is 308 g/mol. The molecule has 0 aliphatic heterocycles. The molecule has 0 spiro atoms. The summed E-state index contributed by atoms with van der Waals surface area (Å²) in [6.07, 6.45) is 1.67. The van der Waals surface area contributed by atoms with Crippen LogP contribution in [0.3, 0.4) is 0 Å². The summed E-state index contributed by atoms with van der Waals surface area (Å²) in [5, 5.41) is 10.2. The Bertz CT molecular complexity index is 489. The molecular formula is C17H28O3Si. The molecule has 0 fully saturated rings. The molecule has 0 radical (unpaired) electrons. The Morgan fingerprint density at radius 1 is 1.29 bits per heavy atom. The van der Waals surface area contributed by atoms with Gasteiger partial charge < -0.3 is 14.3 Å². The maximum absolute atomic E-state index is 10.0. The normalized spacial score (nSPS) is 13.7. The molecule has 0 aliphatic carbocycles. The van der Waals surface area contributed by atoms with E-state index >= 15 is 0 Å². The number of aliphatic hydroxyl groups excluding tert-OH is 1. The molecule has 0 heterocycles. The van der Waals surface area contributed by atoms with Gasteiger partial charge in [0.1, 0.15) is 5.75 Å². The molecule has 0 saturated heterocycles. The van der Waals surface area contributed by atoms with Gasteiger partial charge in [0.2, 0.25) is 0 Å². The highest BCUT2D eigenvalue weighted by Gasteiger charge is 2.39. The van der Waals surface area contributed by atoms with E-state index in [9.17, 15) is 5.11 Å². The van der Waals surface area contributed by atoms with Crippen LogP contribution in [0.4, 0.5) is 0 Å². The van der Waals surface area contributed by atoms with E-state index in [1.165, 1.54) is 0 Å². The minimum Gasteiger partial charge on any atom is -0.541 e. The molecule has 21 heavy (non-hydrogen) atoms. The van der Waals surface area contributed by atoms with Crippen molar-refractivity contribution in [3.05, 3.63) is 36.4 Å². The first kappa shape index (κ1) is 17.8. The third-order valence-electron chi connectivity index (χ3n) is 4.13. The van der Waals surface area contributed by atoms with Crippen molar-refractivity contribution in [3.8, 4) is 11.5 Å². The number of rotatable bonds is 6. The third-order valence-corrected chi connectivity index (χ3v) is 8.48. The van der Waals surface area contributed by atoms with Crippen LogP contribution >= 0.6 is 0 Å². The Labute approximate surface area is 129 Å². The van der Waals surface area contributed by atoms with E-state index in [4.69, 9.17) is 9.16 Å². The molecule has 1 aromatic rings. The van der Waals surface area contributed by atoms with E-state index in [-0.39, 0.29) is 5.04 Å². The van der Waals surface area contributed by atoms with Crippen molar-refractivity contribution in [2.75, 3.05) is 7.11 Å². The predicted octanol–water partition coefficient (Wildman–Crippen LogP) is 4.69. The lowest BCUT2D eigenvalue weighted by atomic mass is 10.1. The molecule has 118 valence electrons. The van der Waals surface area contributed by atoms with Gasteiger partial charge in [0, 0.05) is 0 Å². The Morgan fingerprint density at radius 2 is 1.90 bits per heavy atom. The van der Waals surface area contributed by atoms with E-state index in [2.05, 4.69) is 40.4 Å². The minimum absolute atomic E-state index is 0.124. The number of benzene rings is 1. The van der Waals surface area contributed by atoms with Crippen LogP contribution in [0, 0.1) is 0 Å². The van der Waals surface area contributed by atoms with Crippen molar-refractivity contribution in [3.63, 3.8) is 0 Å². The second-order valence-corrected chi connectivity index (χ2v) is 11.5. The summed E-state index contributed by atoms with van der Waals surface area (Å²) in [6, 6.07) is 5.62. The number of methoxy groups -OCH3 is 1. The molecule has 0 aliphatic rings. The van der Waals surface area contributed by atoms with Crippen molar-refractivity contribution in [1.82, 2.24) is 0 Å². The highest BCUT2D eigenvalue weighted by molar-refractivity contribution is 6.74. The van der Waals surface area contributed by atoms with Crippen LogP contribution < -0.4 is 9.16 Å². The SMILES string of the molecule is C=CCC(O)c1ccc(O[Si](C)(C)C(C)(C)C)c(OC)c1. The molecule has 1 N–H and O–H groups in total. The standard InChI is InChI=1S/C17H28O3Si/c1-8-9-14(18)13-10-11-15(16(12-13)19-5)20-21(6,7)17(2,3)4/h8,10-12,14,18H,1,9H2,2-7H3. The third kappa shape index (κ3) is 4.35. The molecule has 0 aromatic heterocycles. The van der Waals surface area contributed by atoms with Gasteiger partial charge in [0.15, 0.2) is 5.75 Å². The number of ether oxygens (including phenoxy) is 1. The summed E-state index contributed by atoms with van der Waals surface area (Å²) in [6.45, 7) is 14.7. The van der Waals surface area contributed by atoms with E-state index in [1.54, 1.807) is 13.2 Å². The Hall–Kier alpha value is -1.26. The van der Waals surface area contributed by atoms with Gasteiger partial charge in [0.25, 0.3) is 8.32 Å². The molecular weight excluding hydrogens is 280 g/mol.